The molecule has 2 aromatic carbocycles. The van der Waals surface area contributed by atoms with Crippen LogP contribution in [0, 0.1) is 17.1 Å². The monoisotopic (exact) mass is 349 g/mol. The Morgan fingerprint density at radius 1 is 1.19 bits per heavy atom. The van der Waals surface area contributed by atoms with E-state index in [1.165, 1.54) is 6.07 Å². The summed E-state index contributed by atoms with van der Waals surface area (Å²) in [4.78, 5) is 7.37. The third-order valence-corrected chi connectivity index (χ3v) is 4.18. The SMILES string of the molecule is CN=C(NCCc1c[nH]c2ccc(F)cc12)NCc1ccc(C#N)cc1. The van der Waals surface area contributed by atoms with Crippen LogP contribution in [0.25, 0.3) is 10.9 Å². The lowest BCUT2D eigenvalue weighted by atomic mass is 10.1. The highest BCUT2D eigenvalue weighted by Gasteiger charge is 2.05. The summed E-state index contributed by atoms with van der Waals surface area (Å²) in [6, 6.07) is 14.3. The van der Waals surface area contributed by atoms with E-state index in [9.17, 15) is 4.39 Å². The maximum atomic E-state index is 13.4. The van der Waals surface area contributed by atoms with Crippen molar-refractivity contribution >= 4 is 16.9 Å². The number of rotatable bonds is 5. The number of nitriles is 1. The lowest BCUT2D eigenvalue weighted by Crippen LogP contribution is -2.37. The predicted octanol–water partition coefficient (Wildman–Crippen LogP) is 3.09. The average molecular weight is 349 g/mol. The molecule has 6 heteroatoms. The molecule has 0 saturated carbocycles. The first kappa shape index (κ1) is 17.5. The minimum atomic E-state index is -0.230. The van der Waals surface area contributed by atoms with Crippen molar-refractivity contribution in [3.8, 4) is 6.07 Å². The van der Waals surface area contributed by atoms with Gasteiger partial charge in [-0.1, -0.05) is 12.1 Å². The van der Waals surface area contributed by atoms with E-state index in [0.29, 0.717) is 24.6 Å². The van der Waals surface area contributed by atoms with Gasteiger partial charge in [-0.2, -0.15) is 5.26 Å². The average Bonchev–Trinajstić information content (AvgIpc) is 3.07. The summed E-state index contributed by atoms with van der Waals surface area (Å²) in [5, 5.41) is 16.2. The number of H-pyrrole nitrogens is 1. The van der Waals surface area contributed by atoms with Gasteiger partial charge >= 0.3 is 0 Å². The van der Waals surface area contributed by atoms with Crippen LogP contribution in [0.5, 0.6) is 0 Å². The van der Waals surface area contributed by atoms with Crippen LogP contribution >= 0.6 is 0 Å². The van der Waals surface area contributed by atoms with E-state index in [4.69, 9.17) is 5.26 Å². The molecule has 1 aromatic heterocycles. The highest BCUT2D eigenvalue weighted by atomic mass is 19.1. The lowest BCUT2D eigenvalue weighted by molar-refractivity contribution is 0.629. The second-order valence-electron chi connectivity index (χ2n) is 5.92. The molecule has 26 heavy (non-hydrogen) atoms. The number of aromatic amines is 1. The van der Waals surface area contributed by atoms with Crippen LogP contribution in [0.2, 0.25) is 0 Å². The molecule has 0 bridgehead atoms. The Morgan fingerprint density at radius 2 is 2.00 bits per heavy atom. The summed E-state index contributed by atoms with van der Waals surface area (Å²) in [6.07, 6.45) is 2.67. The Balaban J connectivity index is 1.52. The highest BCUT2D eigenvalue weighted by Crippen LogP contribution is 2.19. The zero-order valence-electron chi connectivity index (χ0n) is 14.5. The van der Waals surface area contributed by atoms with E-state index in [-0.39, 0.29) is 5.82 Å². The number of aromatic nitrogens is 1. The van der Waals surface area contributed by atoms with Crippen molar-refractivity contribution in [3.63, 3.8) is 0 Å². The van der Waals surface area contributed by atoms with E-state index in [1.54, 1.807) is 31.3 Å². The molecule has 3 rings (SSSR count). The molecule has 0 aliphatic heterocycles. The van der Waals surface area contributed by atoms with Crippen molar-refractivity contribution in [2.75, 3.05) is 13.6 Å². The Bertz CT molecular complexity index is 950. The van der Waals surface area contributed by atoms with Crippen LogP contribution < -0.4 is 10.6 Å². The van der Waals surface area contributed by atoms with Crippen LogP contribution in [0.15, 0.2) is 53.7 Å². The summed E-state index contributed by atoms with van der Waals surface area (Å²) in [7, 11) is 1.72. The molecule has 3 N–H and O–H groups in total. The largest absolute Gasteiger partial charge is 0.361 e. The van der Waals surface area contributed by atoms with Gasteiger partial charge in [0.2, 0.25) is 0 Å². The quantitative estimate of drug-likeness (QED) is 0.489. The van der Waals surface area contributed by atoms with Crippen LogP contribution in [-0.4, -0.2) is 24.5 Å². The van der Waals surface area contributed by atoms with Crippen molar-refractivity contribution < 1.29 is 4.39 Å². The molecular formula is C20H20FN5. The Hall–Kier alpha value is -3.33. The van der Waals surface area contributed by atoms with Crippen molar-refractivity contribution in [1.82, 2.24) is 15.6 Å². The second kappa shape index (κ2) is 8.17. The summed E-state index contributed by atoms with van der Waals surface area (Å²) >= 11 is 0. The van der Waals surface area contributed by atoms with Crippen LogP contribution in [-0.2, 0) is 13.0 Å². The number of hydrogen-bond donors (Lipinski definition) is 3. The molecule has 132 valence electrons. The molecule has 0 fully saturated rings. The molecule has 1 heterocycles. The van der Waals surface area contributed by atoms with Gasteiger partial charge in [-0.25, -0.2) is 4.39 Å². The van der Waals surface area contributed by atoms with Gasteiger partial charge in [0.15, 0.2) is 5.96 Å². The van der Waals surface area contributed by atoms with Gasteiger partial charge in [0.1, 0.15) is 5.82 Å². The van der Waals surface area contributed by atoms with Crippen LogP contribution in [0.3, 0.4) is 0 Å². The topological polar surface area (TPSA) is 76.0 Å². The summed E-state index contributed by atoms with van der Waals surface area (Å²) < 4.78 is 13.4. The maximum absolute atomic E-state index is 13.4. The molecule has 3 aromatic rings. The standard InChI is InChI=1S/C20H20FN5/c1-23-20(26-12-15-4-2-14(11-22)3-5-15)24-9-8-16-13-25-19-7-6-17(21)10-18(16)19/h2-7,10,13,25H,8-9,12H2,1H3,(H2,23,24,26). The van der Waals surface area contributed by atoms with Gasteiger partial charge in [-0.3, -0.25) is 4.99 Å². The first-order chi connectivity index (χ1) is 12.7. The smallest absolute Gasteiger partial charge is 0.191 e. The summed E-state index contributed by atoms with van der Waals surface area (Å²) in [5.41, 5.74) is 3.71. The van der Waals surface area contributed by atoms with E-state index >= 15 is 0 Å². The fourth-order valence-electron chi connectivity index (χ4n) is 2.78. The summed E-state index contributed by atoms with van der Waals surface area (Å²) in [5.74, 6) is 0.464. The number of aliphatic imine (C=N–C) groups is 1. The van der Waals surface area contributed by atoms with Gasteiger partial charge < -0.3 is 15.6 Å². The van der Waals surface area contributed by atoms with Gasteiger partial charge in [-0.05, 0) is 47.9 Å². The third-order valence-electron chi connectivity index (χ3n) is 4.18. The van der Waals surface area contributed by atoms with Crippen molar-refractivity contribution in [2.45, 2.75) is 13.0 Å². The molecule has 0 amide bonds. The number of hydrogen-bond acceptors (Lipinski definition) is 2. The maximum Gasteiger partial charge on any atom is 0.191 e. The van der Waals surface area contributed by atoms with Crippen LogP contribution in [0.1, 0.15) is 16.7 Å². The molecule has 0 unspecified atom stereocenters. The first-order valence-electron chi connectivity index (χ1n) is 8.38. The molecule has 0 radical (unpaired) electrons. The van der Waals surface area contributed by atoms with Crippen LogP contribution in [0.4, 0.5) is 4.39 Å². The number of halogens is 1. The number of nitrogens with one attached hydrogen (secondary N) is 3. The van der Waals surface area contributed by atoms with Crippen molar-refractivity contribution in [1.29, 1.82) is 5.26 Å². The fourth-order valence-corrected chi connectivity index (χ4v) is 2.78. The van der Waals surface area contributed by atoms with Crippen molar-refractivity contribution in [3.05, 3.63) is 71.2 Å². The van der Waals surface area contributed by atoms with Gasteiger partial charge in [0, 0.05) is 37.2 Å². The predicted molar refractivity (Wildman–Crippen MR) is 101 cm³/mol. The number of fused-ring (bicyclic) bond motifs is 1. The number of guanidine groups is 1. The zero-order valence-corrected chi connectivity index (χ0v) is 14.5. The Kier molecular flexibility index (Phi) is 5.49. The normalized spacial score (nSPS) is 11.3. The molecule has 0 aliphatic rings. The number of nitrogens with zero attached hydrogens (tertiary/aromatic N) is 2. The molecule has 0 atom stereocenters. The van der Waals surface area contributed by atoms with E-state index in [0.717, 1.165) is 28.5 Å². The molecule has 5 nitrogen and oxygen atoms in total. The minimum Gasteiger partial charge on any atom is -0.361 e. The molecule has 0 spiro atoms. The van der Waals surface area contributed by atoms with E-state index in [1.807, 2.05) is 18.3 Å². The number of benzene rings is 2. The zero-order chi connectivity index (χ0) is 18.4. The lowest BCUT2D eigenvalue weighted by Gasteiger charge is -2.12. The van der Waals surface area contributed by atoms with Gasteiger partial charge in [0.25, 0.3) is 0 Å². The first-order valence-corrected chi connectivity index (χ1v) is 8.38. The molecule has 0 saturated heterocycles. The van der Waals surface area contributed by atoms with E-state index in [2.05, 4.69) is 26.7 Å². The molecular weight excluding hydrogens is 329 g/mol. The second-order valence-corrected chi connectivity index (χ2v) is 5.92. The Morgan fingerprint density at radius 3 is 2.73 bits per heavy atom. The minimum absolute atomic E-state index is 0.230. The van der Waals surface area contributed by atoms with Crippen molar-refractivity contribution in [2.24, 2.45) is 4.99 Å². The van der Waals surface area contributed by atoms with Gasteiger partial charge in [0.05, 0.1) is 11.6 Å². The Labute approximate surface area is 151 Å². The molecule has 0 aliphatic carbocycles. The fraction of sp³-hybridized carbons (Fsp3) is 0.200. The summed E-state index contributed by atoms with van der Waals surface area (Å²) in [6.45, 7) is 1.29. The highest BCUT2D eigenvalue weighted by molar-refractivity contribution is 5.83. The third kappa shape index (κ3) is 4.19. The van der Waals surface area contributed by atoms with E-state index < -0.39 is 0 Å². The van der Waals surface area contributed by atoms with Gasteiger partial charge in [-0.15, -0.1) is 0 Å².